The standard InChI is InChI=1S/C17H28N2O2.ClH/c1-12(11-18)19(6)16(20)13(2)21-15-9-7-14(8-10-15)17(3,4)5;/h7-10,12-13H,11,18H2,1-6H3;1H. The summed E-state index contributed by atoms with van der Waals surface area (Å²) in [7, 11) is 1.75. The van der Waals surface area contributed by atoms with Crippen LogP contribution in [0.5, 0.6) is 5.75 Å². The van der Waals surface area contributed by atoms with Gasteiger partial charge in [-0.25, -0.2) is 0 Å². The summed E-state index contributed by atoms with van der Waals surface area (Å²) >= 11 is 0. The third-order valence-electron chi connectivity index (χ3n) is 3.73. The number of benzene rings is 1. The number of nitrogens with zero attached hydrogens (tertiary/aromatic N) is 1. The average molecular weight is 329 g/mol. The predicted octanol–water partition coefficient (Wildman–Crippen LogP) is 2.98. The van der Waals surface area contributed by atoms with Crippen LogP contribution < -0.4 is 10.5 Å². The number of nitrogens with two attached hydrogens (primary N) is 1. The molecule has 0 aromatic heterocycles. The molecule has 0 saturated carbocycles. The molecule has 1 rings (SSSR count). The minimum Gasteiger partial charge on any atom is -0.481 e. The molecule has 5 heteroatoms. The lowest BCUT2D eigenvalue weighted by Crippen LogP contribution is -2.45. The first-order valence-corrected chi connectivity index (χ1v) is 7.40. The normalized spacial score (nSPS) is 13.8. The van der Waals surface area contributed by atoms with Gasteiger partial charge in [-0.3, -0.25) is 4.79 Å². The molecule has 4 nitrogen and oxygen atoms in total. The molecule has 0 spiro atoms. The summed E-state index contributed by atoms with van der Waals surface area (Å²) in [5.41, 5.74) is 6.93. The highest BCUT2D eigenvalue weighted by molar-refractivity contribution is 5.85. The zero-order chi connectivity index (χ0) is 16.2. The SMILES string of the molecule is CC(Oc1ccc(C(C)(C)C)cc1)C(=O)N(C)C(C)CN.Cl. The maximum absolute atomic E-state index is 12.2. The Labute approximate surface area is 140 Å². The highest BCUT2D eigenvalue weighted by atomic mass is 35.5. The third-order valence-corrected chi connectivity index (χ3v) is 3.73. The van der Waals surface area contributed by atoms with Crippen LogP contribution in [0.4, 0.5) is 0 Å². The third kappa shape index (κ3) is 5.50. The van der Waals surface area contributed by atoms with Crippen molar-refractivity contribution < 1.29 is 9.53 Å². The second kappa shape index (κ2) is 8.39. The van der Waals surface area contributed by atoms with Gasteiger partial charge in [0.1, 0.15) is 5.75 Å². The van der Waals surface area contributed by atoms with Crippen LogP contribution in [0.2, 0.25) is 0 Å². The molecule has 0 saturated heterocycles. The highest BCUT2D eigenvalue weighted by Gasteiger charge is 2.22. The largest absolute Gasteiger partial charge is 0.481 e. The molecule has 0 aliphatic heterocycles. The van der Waals surface area contributed by atoms with Gasteiger partial charge in [0.2, 0.25) is 0 Å². The van der Waals surface area contributed by atoms with Crippen molar-refractivity contribution in [2.24, 2.45) is 5.73 Å². The number of halogens is 1. The van der Waals surface area contributed by atoms with E-state index in [1.54, 1.807) is 18.9 Å². The fourth-order valence-corrected chi connectivity index (χ4v) is 1.95. The molecular formula is C17H29ClN2O2. The Balaban J connectivity index is 0.00000441. The number of hydrogen-bond acceptors (Lipinski definition) is 3. The molecule has 0 aliphatic rings. The number of ether oxygens (including phenoxy) is 1. The highest BCUT2D eigenvalue weighted by Crippen LogP contribution is 2.24. The van der Waals surface area contributed by atoms with Crippen LogP contribution in [-0.4, -0.2) is 36.5 Å². The smallest absolute Gasteiger partial charge is 0.263 e. The molecule has 0 fully saturated rings. The number of hydrogen-bond donors (Lipinski definition) is 1. The lowest BCUT2D eigenvalue weighted by Gasteiger charge is -2.27. The van der Waals surface area contributed by atoms with Crippen molar-refractivity contribution in [3.63, 3.8) is 0 Å². The van der Waals surface area contributed by atoms with Crippen LogP contribution >= 0.6 is 12.4 Å². The molecule has 2 N–H and O–H groups in total. The van der Waals surface area contributed by atoms with Crippen LogP contribution in [0.15, 0.2) is 24.3 Å². The lowest BCUT2D eigenvalue weighted by molar-refractivity contribution is -0.138. The second-order valence-corrected chi connectivity index (χ2v) is 6.57. The molecule has 2 unspecified atom stereocenters. The van der Waals surface area contributed by atoms with Gasteiger partial charge in [-0.2, -0.15) is 0 Å². The monoisotopic (exact) mass is 328 g/mol. The molecule has 1 aromatic carbocycles. The van der Waals surface area contributed by atoms with Gasteiger partial charge >= 0.3 is 0 Å². The molecule has 2 atom stereocenters. The van der Waals surface area contributed by atoms with Crippen molar-refractivity contribution in [2.45, 2.75) is 52.2 Å². The van der Waals surface area contributed by atoms with E-state index in [9.17, 15) is 4.79 Å². The van der Waals surface area contributed by atoms with E-state index in [1.807, 2.05) is 31.2 Å². The zero-order valence-electron chi connectivity index (χ0n) is 14.4. The quantitative estimate of drug-likeness (QED) is 0.904. The van der Waals surface area contributed by atoms with Gasteiger partial charge in [0.15, 0.2) is 6.10 Å². The van der Waals surface area contributed by atoms with Crippen LogP contribution in [0.1, 0.15) is 40.2 Å². The first-order valence-electron chi connectivity index (χ1n) is 7.40. The first kappa shape index (κ1) is 20.7. The summed E-state index contributed by atoms with van der Waals surface area (Å²) in [4.78, 5) is 13.9. The topological polar surface area (TPSA) is 55.6 Å². The van der Waals surface area contributed by atoms with Crippen LogP contribution in [0.3, 0.4) is 0 Å². The molecule has 0 aliphatic carbocycles. The Morgan fingerprint density at radius 1 is 1.23 bits per heavy atom. The van der Waals surface area contributed by atoms with Crippen molar-refractivity contribution >= 4 is 18.3 Å². The van der Waals surface area contributed by atoms with Gasteiger partial charge < -0.3 is 15.4 Å². The summed E-state index contributed by atoms with van der Waals surface area (Å²) in [5.74, 6) is 0.644. The maximum atomic E-state index is 12.2. The Bertz CT molecular complexity index is 469. The van der Waals surface area contributed by atoms with Crippen LogP contribution in [0, 0.1) is 0 Å². The van der Waals surface area contributed by atoms with E-state index in [2.05, 4.69) is 20.8 Å². The van der Waals surface area contributed by atoms with Crippen molar-refractivity contribution in [3.8, 4) is 5.75 Å². The van der Waals surface area contributed by atoms with E-state index < -0.39 is 6.10 Å². The number of amides is 1. The van der Waals surface area contributed by atoms with Crippen LogP contribution in [-0.2, 0) is 10.2 Å². The van der Waals surface area contributed by atoms with Crippen molar-refractivity contribution in [2.75, 3.05) is 13.6 Å². The van der Waals surface area contributed by atoms with Crippen molar-refractivity contribution in [1.82, 2.24) is 4.90 Å². The van der Waals surface area contributed by atoms with Gasteiger partial charge in [-0.05, 0) is 37.0 Å². The lowest BCUT2D eigenvalue weighted by atomic mass is 9.87. The Kier molecular flexibility index (Phi) is 7.91. The molecule has 1 aromatic rings. The minimum absolute atomic E-state index is 0. The second-order valence-electron chi connectivity index (χ2n) is 6.57. The minimum atomic E-state index is -0.524. The molecule has 22 heavy (non-hydrogen) atoms. The van der Waals surface area contributed by atoms with E-state index in [4.69, 9.17) is 10.5 Å². The molecule has 0 heterocycles. The van der Waals surface area contributed by atoms with Gasteiger partial charge in [0.25, 0.3) is 5.91 Å². The van der Waals surface area contributed by atoms with Gasteiger partial charge in [0, 0.05) is 19.6 Å². The summed E-state index contributed by atoms with van der Waals surface area (Å²) in [6, 6.07) is 7.91. The first-order chi connectivity index (χ1) is 9.66. The number of carbonyl (C=O) groups excluding carboxylic acids is 1. The summed E-state index contributed by atoms with van der Waals surface area (Å²) < 4.78 is 5.73. The van der Waals surface area contributed by atoms with E-state index in [0.29, 0.717) is 12.3 Å². The zero-order valence-corrected chi connectivity index (χ0v) is 15.2. The summed E-state index contributed by atoms with van der Waals surface area (Å²) in [6.07, 6.45) is -0.524. The molecule has 0 bridgehead atoms. The number of likely N-dealkylation sites (N-methyl/N-ethyl adjacent to an activating group) is 1. The Hall–Kier alpha value is -1.26. The fourth-order valence-electron chi connectivity index (χ4n) is 1.95. The van der Waals surface area contributed by atoms with E-state index >= 15 is 0 Å². The van der Waals surface area contributed by atoms with E-state index in [-0.39, 0.29) is 29.8 Å². The number of rotatable bonds is 5. The summed E-state index contributed by atoms with van der Waals surface area (Å²) in [5, 5.41) is 0. The van der Waals surface area contributed by atoms with Crippen molar-refractivity contribution in [1.29, 1.82) is 0 Å². The van der Waals surface area contributed by atoms with E-state index in [1.165, 1.54) is 5.56 Å². The molecule has 1 amide bonds. The molecule has 126 valence electrons. The summed E-state index contributed by atoms with van der Waals surface area (Å²) in [6.45, 7) is 10.6. The molecule has 0 radical (unpaired) electrons. The van der Waals surface area contributed by atoms with E-state index in [0.717, 1.165) is 0 Å². The van der Waals surface area contributed by atoms with Crippen LogP contribution in [0.25, 0.3) is 0 Å². The van der Waals surface area contributed by atoms with Crippen molar-refractivity contribution in [3.05, 3.63) is 29.8 Å². The number of carbonyl (C=O) groups is 1. The Morgan fingerprint density at radius 3 is 2.14 bits per heavy atom. The van der Waals surface area contributed by atoms with Gasteiger partial charge in [0.05, 0.1) is 0 Å². The van der Waals surface area contributed by atoms with Gasteiger partial charge in [-0.1, -0.05) is 32.9 Å². The fraction of sp³-hybridized carbons (Fsp3) is 0.588. The predicted molar refractivity (Wildman–Crippen MR) is 93.8 cm³/mol. The average Bonchev–Trinajstić information content (AvgIpc) is 2.44. The Morgan fingerprint density at radius 2 is 1.73 bits per heavy atom. The van der Waals surface area contributed by atoms with Gasteiger partial charge in [-0.15, -0.1) is 12.4 Å². The molecular weight excluding hydrogens is 300 g/mol. The maximum Gasteiger partial charge on any atom is 0.263 e.